The number of hydrogen-bond acceptors (Lipinski definition) is 10. The molecule has 5 heterocycles. The summed E-state index contributed by atoms with van der Waals surface area (Å²) < 4.78 is 13.2. The number of amides is 1. The number of piperidine rings is 1. The van der Waals surface area contributed by atoms with E-state index >= 15 is 0 Å². The predicted octanol–water partition coefficient (Wildman–Crippen LogP) is 3.43. The van der Waals surface area contributed by atoms with Crippen molar-refractivity contribution >= 4 is 23.6 Å². The summed E-state index contributed by atoms with van der Waals surface area (Å²) in [6.45, 7) is 10.5. The van der Waals surface area contributed by atoms with Crippen LogP contribution in [0.1, 0.15) is 64.4 Å². The second-order valence-corrected chi connectivity index (χ2v) is 12.8. The molecule has 42 heavy (non-hydrogen) atoms. The second kappa shape index (κ2) is 13.6. The smallest absolute Gasteiger partial charge is 0.410 e. The van der Waals surface area contributed by atoms with Crippen LogP contribution in [0.5, 0.6) is 0 Å². The molecule has 3 saturated heterocycles. The quantitative estimate of drug-likeness (QED) is 0.361. The number of nitrogens with one attached hydrogen (secondary N) is 2. The number of likely N-dealkylation sites (tertiary alicyclic amines) is 1. The van der Waals surface area contributed by atoms with Crippen LogP contribution in [0.4, 0.5) is 16.7 Å². The van der Waals surface area contributed by atoms with Crippen LogP contribution in [0.3, 0.4) is 0 Å². The third-order valence-corrected chi connectivity index (χ3v) is 8.58. The fourth-order valence-corrected chi connectivity index (χ4v) is 6.52. The molecule has 2 aromatic heterocycles. The van der Waals surface area contributed by atoms with E-state index in [9.17, 15) is 4.79 Å². The standard InChI is InChI=1S/C30H49N9O3/c1-20(2)26-17-31-39-27(26)34-28(32-21(3)19-41-6)35-29(39)33-22-15-23-9-10-24(16-22)38(23)30(40)42-25-11-14-37(18-25)13-8-7-12-36(4)5/h7-8,17,20-25H,9-16,18-19H2,1-6H3,(H2,32,33,34,35)/b8-7+/t21-,22?,23?,24?,25?/m1/s1. The largest absolute Gasteiger partial charge is 0.445 e. The van der Waals surface area contributed by atoms with Gasteiger partial charge < -0.3 is 29.9 Å². The van der Waals surface area contributed by atoms with Crippen LogP contribution in [0.15, 0.2) is 18.3 Å². The molecule has 0 spiro atoms. The highest BCUT2D eigenvalue weighted by Crippen LogP contribution is 2.38. The first-order valence-corrected chi connectivity index (χ1v) is 15.5. The van der Waals surface area contributed by atoms with E-state index in [-0.39, 0.29) is 42.3 Å². The SMILES string of the molecule is COC[C@@H](C)Nc1nc(NC2CC3CCC(C2)N3C(=O)OC2CCN(C/C=C/CN(C)C)C2)n2ncc(C(C)C)c2n1. The summed E-state index contributed by atoms with van der Waals surface area (Å²) in [7, 11) is 5.82. The van der Waals surface area contributed by atoms with Crippen LogP contribution in [0.2, 0.25) is 0 Å². The Morgan fingerprint density at radius 2 is 1.90 bits per heavy atom. The third kappa shape index (κ3) is 7.15. The zero-order chi connectivity index (χ0) is 29.8. The van der Waals surface area contributed by atoms with Crippen LogP contribution in [-0.2, 0) is 9.47 Å². The highest BCUT2D eigenvalue weighted by atomic mass is 16.6. The summed E-state index contributed by atoms with van der Waals surface area (Å²) >= 11 is 0. The van der Waals surface area contributed by atoms with Gasteiger partial charge in [-0.3, -0.25) is 4.90 Å². The Labute approximate surface area is 249 Å². The molecule has 2 bridgehead atoms. The van der Waals surface area contributed by atoms with Crippen molar-refractivity contribution < 1.29 is 14.3 Å². The molecule has 12 heteroatoms. The molecule has 0 aliphatic carbocycles. The summed E-state index contributed by atoms with van der Waals surface area (Å²) in [5.74, 6) is 1.51. The van der Waals surface area contributed by atoms with Gasteiger partial charge >= 0.3 is 6.09 Å². The molecule has 3 fully saturated rings. The Bertz CT molecular complexity index is 1220. The molecule has 12 nitrogen and oxygen atoms in total. The highest BCUT2D eigenvalue weighted by molar-refractivity contribution is 5.69. The van der Waals surface area contributed by atoms with Gasteiger partial charge in [0, 0.05) is 63.0 Å². The number of aromatic nitrogens is 4. The van der Waals surface area contributed by atoms with Crippen LogP contribution in [0, 0.1) is 0 Å². The number of nitrogens with zero attached hydrogens (tertiary/aromatic N) is 7. The van der Waals surface area contributed by atoms with Gasteiger partial charge in [-0.05, 0) is 59.0 Å². The Kier molecular flexibility index (Phi) is 9.85. The fourth-order valence-electron chi connectivity index (χ4n) is 6.52. The summed E-state index contributed by atoms with van der Waals surface area (Å²) in [5, 5.41) is 11.7. The van der Waals surface area contributed by atoms with E-state index in [4.69, 9.17) is 19.4 Å². The lowest BCUT2D eigenvalue weighted by Gasteiger charge is -2.39. The average molecular weight is 584 g/mol. The molecule has 3 aliphatic heterocycles. The molecule has 2 aromatic rings. The molecule has 0 aromatic carbocycles. The number of fused-ring (bicyclic) bond motifs is 3. The first-order valence-electron chi connectivity index (χ1n) is 15.5. The average Bonchev–Trinajstić information content (AvgIpc) is 3.63. The van der Waals surface area contributed by atoms with Gasteiger partial charge in [-0.15, -0.1) is 0 Å². The summed E-state index contributed by atoms with van der Waals surface area (Å²) in [5.41, 5.74) is 1.88. The predicted molar refractivity (Wildman–Crippen MR) is 164 cm³/mol. The maximum absolute atomic E-state index is 13.4. The molecule has 1 amide bonds. The van der Waals surface area contributed by atoms with Crippen molar-refractivity contribution in [3.05, 3.63) is 23.9 Å². The highest BCUT2D eigenvalue weighted by Gasteiger charge is 2.45. The van der Waals surface area contributed by atoms with Crippen molar-refractivity contribution in [2.45, 2.75) is 89.1 Å². The minimum atomic E-state index is -0.146. The summed E-state index contributed by atoms with van der Waals surface area (Å²) in [6, 6.07) is 0.574. The van der Waals surface area contributed by atoms with Gasteiger partial charge in [0.15, 0.2) is 5.65 Å². The topological polar surface area (TPSA) is 112 Å². The molecule has 0 radical (unpaired) electrons. The lowest BCUT2D eigenvalue weighted by molar-refractivity contribution is 0.0404. The molecule has 0 saturated carbocycles. The first kappa shape index (κ1) is 30.5. The third-order valence-electron chi connectivity index (χ3n) is 8.58. The van der Waals surface area contributed by atoms with Gasteiger partial charge in [0.25, 0.3) is 0 Å². The van der Waals surface area contributed by atoms with Gasteiger partial charge in [0.1, 0.15) is 6.10 Å². The molecule has 5 rings (SSSR count). The van der Waals surface area contributed by atoms with E-state index in [1.165, 1.54) is 0 Å². The maximum atomic E-state index is 13.4. The zero-order valence-electron chi connectivity index (χ0n) is 26.1. The Balaban J connectivity index is 1.21. The minimum absolute atomic E-state index is 0.0364. The Morgan fingerprint density at radius 1 is 1.14 bits per heavy atom. The van der Waals surface area contributed by atoms with Gasteiger partial charge in [-0.25, -0.2) is 4.79 Å². The van der Waals surface area contributed by atoms with Crippen molar-refractivity contribution in [2.75, 3.05) is 64.6 Å². The normalized spacial score (nSPS) is 25.3. The maximum Gasteiger partial charge on any atom is 0.410 e. The van der Waals surface area contributed by atoms with Crippen molar-refractivity contribution in [3.8, 4) is 0 Å². The molecule has 4 atom stereocenters. The monoisotopic (exact) mass is 583 g/mol. The summed E-state index contributed by atoms with van der Waals surface area (Å²) in [6.07, 6.45) is 10.7. The van der Waals surface area contributed by atoms with Crippen molar-refractivity contribution in [1.82, 2.24) is 34.3 Å². The number of ether oxygens (including phenoxy) is 2. The van der Waals surface area contributed by atoms with Gasteiger partial charge in [-0.1, -0.05) is 26.0 Å². The number of likely N-dealkylation sites (N-methyl/N-ethyl adjacent to an activating group) is 1. The van der Waals surface area contributed by atoms with Crippen LogP contribution in [0.25, 0.3) is 5.65 Å². The second-order valence-electron chi connectivity index (χ2n) is 12.8. The van der Waals surface area contributed by atoms with Crippen LogP contribution >= 0.6 is 0 Å². The zero-order valence-corrected chi connectivity index (χ0v) is 26.1. The molecule has 3 aliphatic rings. The van der Waals surface area contributed by atoms with Crippen LogP contribution in [-0.4, -0.2) is 125 Å². The number of carbonyl (C=O) groups is 1. The van der Waals surface area contributed by atoms with E-state index in [0.29, 0.717) is 18.5 Å². The summed E-state index contributed by atoms with van der Waals surface area (Å²) in [4.78, 5) is 29.5. The number of anilines is 2. The number of methoxy groups -OCH3 is 1. The molecule has 2 N–H and O–H groups in total. The van der Waals surface area contributed by atoms with E-state index < -0.39 is 0 Å². The number of hydrogen-bond donors (Lipinski definition) is 2. The lowest BCUT2D eigenvalue weighted by atomic mass is 9.98. The van der Waals surface area contributed by atoms with Gasteiger partial charge in [-0.2, -0.15) is 19.6 Å². The fraction of sp³-hybridized carbons (Fsp3) is 0.733. The van der Waals surface area contributed by atoms with Gasteiger partial charge in [0.05, 0.1) is 12.8 Å². The van der Waals surface area contributed by atoms with E-state index in [1.54, 1.807) is 7.11 Å². The minimum Gasteiger partial charge on any atom is -0.445 e. The first-order chi connectivity index (χ1) is 20.2. The van der Waals surface area contributed by atoms with Gasteiger partial charge in [0.2, 0.25) is 11.9 Å². The number of carbonyl (C=O) groups excluding carboxylic acids is 1. The van der Waals surface area contributed by atoms with E-state index in [1.807, 2.05) is 22.5 Å². The van der Waals surface area contributed by atoms with Crippen LogP contribution < -0.4 is 10.6 Å². The molecule has 232 valence electrons. The van der Waals surface area contributed by atoms with E-state index in [0.717, 1.165) is 69.5 Å². The van der Waals surface area contributed by atoms with E-state index in [2.05, 4.69) is 65.6 Å². The Morgan fingerprint density at radius 3 is 2.60 bits per heavy atom. The number of rotatable bonds is 12. The molecule has 3 unspecified atom stereocenters. The van der Waals surface area contributed by atoms with Crippen molar-refractivity contribution in [1.29, 1.82) is 0 Å². The van der Waals surface area contributed by atoms with Crippen molar-refractivity contribution in [2.24, 2.45) is 0 Å². The molecular formula is C30H49N9O3. The molecular weight excluding hydrogens is 534 g/mol. The van der Waals surface area contributed by atoms with Crippen molar-refractivity contribution in [3.63, 3.8) is 0 Å². The Hall–Kier alpha value is -2.96. The lowest BCUT2D eigenvalue weighted by Crippen LogP contribution is -2.50.